The van der Waals surface area contributed by atoms with Gasteiger partial charge in [0.15, 0.2) is 0 Å². The maximum atomic E-state index is 13.0. The molecule has 0 spiro atoms. The Morgan fingerprint density at radius 2 is 2.17 bits per heavy atom. The van der Waals surface area contributed by atoms with Crippen molar-refractivity contribution in [2.45, 2.75) is 19.1 Å². The zero-order chi connectivity index (χ0) is 16.9. The lowest BCUT2D eigenvalue weighted by Crippen LogP contribution is -2.38. The number of hydrogen-bond donors (Lipinski definition) is 2. The van der Waals surface area contributed by atoms with Gasteiger partial charge in [-0.3, -0.25) is 4.68 Å². The van der Waals surface area contributed by atoms with Gasteiger partial charge in [-0.05, 0) is 24.1 Å². The molecule has 1 aliphatic heterocycles. The maximum Gasteiger partial charge on any atom is 0.315 e. The van der Waals surface area contributed by atoms with E-state index in [1.54, 1.807) is 23.0 Å². The quantitative estimate of drug-likeness (QED) is 0.881. The number of carbonyl (C=O) groups is 1. The fraction of sp³-hybridized carbons (Fsp3) is 0.412. The number of hydrogen-bond acceptors (Lipinski definition) is 3. The van der Waals surface area contributed by atoms with Crippen molar-refractivity contribution >= 4 is 6.03 Å². The molecule has 0 aliphatic carbocycles. The molecule has 0 saturated carbocycles. The molecular formula is C17H21FN4O2. The van der Waals surface area contributed by atoms with E-state index in [0.29, 0.717) is 19.7 Å². The predicted molar refractivity (Wildman–Crippen MR) is 86.6 cm³/mol. The summed E-state index contributed by atoms with van der Waals surface area (Å²) in [6.45, 7) is 1.59. The first kappa shape index (κ1) is 16.4. The summed E-state index contributed by atoms with van der Waals surface area (Å²) in [5, 5.41) is 9.74. The van der Waals surface area contributed by atoms with Gasteiger partial charge >= 0.3 is 6.03 Å². The summed E-state index contributed by atoms with van der Waals surface area (Å²) in [6, 6.07) is 6.12. The van der Waals surface area contributed by atoms with Gasteiger partial charge < -0.3 is 15.4 Å². The van der Waals surface area contributed by atoms with Gasteiger partial charge in [0, 0.05) is 44.4 Å². The summed E-state index contributed by atoms with van der Waals surface area (Å²) in [7, 11) is 1.83. The lowest BCUT2D eigenvalue weighted by Gasteiger charge is -2.19. The van der Waals surface area contributed by atoms with E-state index in [1.807, 2.05) is 13.2 Å². The molecule has 3 rings (SSSR count). The minimum absolute atomic E-state index is 0.107. The van der Waals surface area contributed by atoms with Gasteiger partial charge in [0.25, 0.3) is 0 Å². The molecule has 1 aromatic carbocycles. The van der Waals surface area contributed by atoms with Crippen molar-refractivity contribution in [3.63, 3.8) is 0 Å². The molecule has 1 saturated heterocycles. The van der Waals surface area contributed by atoms with Crippen LogP contribution in [-0.2, 0) is 18.3 Å². The van der Waals surface area contributed by atoms with Crippen molar-refractivity contribution in [2.24, 2.45) is 13.0 Å². The number of nitrogens with one attached hydrogen (secondary N) is 2. The highest BCUT2D eigenvalue weighted by atomic mass is 19.1. The Hall–Kier alpha value is -2.41. The van der Waals surface area contributed by atoms with E-state index in [4.69, 9.17) is 4.74 Å². The molecule has 0 bridgehead atoms. The molecule has 2 N–H and O–H groups in total. The predicted octanol–water partition coefficient (Wildman–Crippen LogP) is 2.14. The highest BCUT2D eigenvalue weighted by Gasteiger charge is 2.29. The number of ether oxygens (including phenoxy) is 1. The highest BCUT2D eigenvalue weighted by Crippen LogP contribution is 2.34. The monoisotopic (exact) mass is 332 g/mol. The molecule has 1 fully saturated rings. The Labute approximate surface area is 140 Å². The van der Waals surface area contributed by atoms with Crippen LogP contribution >= 0.6 is 0 Å². The molecule has 128 valence electrons. The second kappa shape index (κ2) is 7.44. The van der Waals surface area contributed by atoms with Crippen molar-refractivity contribution in [3.8, 4) is 0 Å². The first-order valence-corrected chi connectivity index (χ1v) is 7.98. The third kappa shape index (κ3) is 4.11. The van der Waals surface area contributed by atoms with Crippen LogP contribution < -0.4 is 10.6 Å². The first-order chi connectivity index (χ1) is 11.6. The van der Waals surface area contributed by atoms with Gasteiger partial charge in [0.2, 0.25) is 0 Å². The molecule has 7 heteroatoms. The van der Waals surface area contributed by atoms with E-state index >= 15 is 0 Å². The molecular weight excluding hydrogens is 311 g/mol. The molecule has 2 amide bonds. The van der Waals surface area contributed by atoms with Gasteiger partial charge in [0.05, 0.1) is 12.3 Å². The van der Waals surface area contributed by atoms with Crippen LogP contribution in [-0.4, -0.2) is 29.0 Å². The lowest BCUT2D eigenvalue weighted by atomic mass is 9.95. The van der Waals surface area contributed by atoms with Crippen LogP contribution in [0.15, 0.2) is 36.7 Å². The fourth-order valence-corrected chi connectivity index (χ4v) is 2.90. The fourth-order valence-electron chi connectivity index (χ4n) is 2.90. The molecule has 2 aromatic rings. The lowest BCUT2D eigenvalue weighted by molar-refractivity contribution is 0.0909. The molecule has 6 nitrogen and oxygen atoms in total. The third-order valence-electron chi connectivity index (χ3n) is 4.15. The van der Waals surface area contributed by atoms with Crippen molar-refractivity contribution in [3.05, 3.63) is 53.6 Å². The van der Waals surface area contributed by atoms with E-state index in [0.717, 1.165) is 17.5 Å². The summed E-state index contributed by atoms with van der Waals surface area (Å²) in [5.74, 6) is -0.0826. The van der Waals surface area contributed by atoms with E-state index in [9.17, 15) is 9.18 Å². The second-order valence-corrected chi connectivity index (χ2v) is 5.98. The van der Waals surface area contributed by atoms with Crippen LogP contribution in [0.1, 0.15) is 23.7 Å². The minimum Gasteiger partial charge on any atom is -0.373 e. The number of aryl methyl sites for hydroxylation is 1. The Balaban J connectivity index is 1.48. The summed E-state index contributed by atoms with van der Waals surface area (Å²) in [5.41, 5.74) is 1.89. The Morgan fingerprint density at radius 3 is 2.88 bits per heavy atom. The molecule has 2 heterocycles. The maximum absolute atomic E-state index is 13.0. The molecule has 1 aliphatic rings. The van der Waals surface area contributed by atoms with E-state index in [2.05, 4.69) is 15.7 Å². The standard InChI is InChI=1S/C17H21FN4O2/c1-22-11-12(9-21-22)8-19-17(23)20-10-14-6-7-24-16(14)13-2-4-15(18)5-3-13/h2-5,9,11,14,16H,6-8,10H2,1H3,(H2,19,20,23)/t14-,16-/m0/s1. The summed E-state index contributed by atoms with van der Waals surface area (Å²) < 4.78 is 20.5. The van der Waals surface area contributed by atoms with Crippen molar-refractivity contribution in [1.29, 1.82) is 0 Å². The molecule has 0 unspecified atom stereocenters. The zero-order valence-electron chi connectivity index (χ0n) is 13.5. The van der Waals surface area contributed by atoms with Crippen molar-refractivity contribution in [2.75, 3.05) is 13.2 Å². The average molecular weight is 332 g/mol. The SMILES string of the molecule is Cn1cc(CNC(=O)NC[C@@H]2CCO[C@H]2c2ccc(F)cc2)cn1. The van der Waals surface area contributed by atoms with Crippen LogP contribution in [0.3, 0.4) is 0 Å². The van der Waals surface area contributed by atoms with Gasteiger partial charge in [-0.1, -0.05) is 12.1 Å². The summed E-state index contributed by atoms with van der Waals surface area (Å²) >= 11 is 0. The van der Waals surface area contributed by atoms with Crippen molar-refractivity contribution < 1.29 is 13.9 Å². The van der Waals surface area contributed by atoms with Crippen LogP contribution in [0.25, 0.3) is 0 Å². The van der Waals surface area contributed by atoms with Gasteiger partial charge in [-0.25, -0.2) is 9.18 Å². The van der Waals surface area contributed by atoms with Crippen LogP contribution in [0.5, 0.6) is 0 Å². The molecule has 0 radical (unpaired) electrons. The normalized spacial score (nSPS) is 20.1. The second-order valence-electron chi connectivity index (χ2n) is 5.98. The Kier molecular flexibility index (Phi) is 5.10. The average Bonchev–Trinajstić information content (AvgIpc) is 3.20. The van der Waals surface area contributed by atoms with Gasteiger partial charge in [-0.15, -0.1) is 0 Å². The van der Waals surface area contributed by atoms with E-state index < -0.39 is 0 Å². The van der Waals surface area contributed by atoms with Crippen LogP contribution in [0, 0.1) is 11.7 Å². The molecule has 1 aromatic heterocycles. The zero-order valence-corrected chi connectivity index (χ0v) is 13.5. The van der Waals surface area contributed by atoms with Gasteiger partial charge in [-0.2, -0.15) is 5.10 Å². The highest BCUT2D eigenvalue weighted by molar-refractivity contribution is 5.73. The number of rotatable bonds is 5. The number of halogens is 1. The number of urea groups is 1. The van der Waals surface area contributed by atoms with Crippen LogP contribution in [0.4, 0.5) is 9.18 Å². The summed E-state index contributed by atoms with van der Waals surface area (Å²) in [4.78, 5) is 11.9. The minimum atomic E-state index is -0.263. The van der Waals surface area contributed by atoms with E-state index in [1.165, 1.54) is 12.1 Å². The number of benzene rings is 1. The number of carbonyl (C=O) groups excluding carboxylic acids is 1. The van der Waals surface area contributed by atoms with Crippen molar-refractivity contribution in [1.82, 2.24) is 20.4 Å². The molecule has 2 atom stereocenters. The number of nitrogens with zero attached hydrogens (tertiary/aromatic N) is 2. The smallest absolute Gasteiger partial charge is 0.315 e. The Morgan fingerprint density at radius 1 is 1.38 bits per heavy atom. The Bertz CT molecular complexity index is 686. The largest absolute Gasteiger partial charge is 0.373 e. The number of aromatic nitrogens is 2. The molecule has 24 heavy (non-hydrogen) atoms. The first-order valence-electron chi connectivity index (χ1n) is 7.98. The van der Waals surface area contributed by atoms with E-state index in [-0.39, 0.29) is 23.9 Å². The number of amides is 2. The van der Waals surface area contributed by atoms with Crippen LogP contribution in [0.2, 0.25) is 0 Å². The van der Waals surface area contributed by atoms with Gasteiger partial charge in [0.1, 0.15) is 5.82 Å². The topological polar surface area (TPSA) is 68.2 Å². The third-order valence-corrected chi connectivity index (χ3v) is 4.15. The summed E-state index contributed by atoms with van der Waals surface area (Å²) in [6.07, 6.45) is 4.33.